The van der Waals surface area contributed by atoms with Crippen LogP contribution in [0.1, 0.15) is 49.4 Å². The van der Waals surface area contributed by atoms with E-state index in [2.05, 4.69) is 28.2 Å². The Morgan fingerprint density at radius 3 is 2.62 bits per heavy atom. The van der Waals surface area contributed by atoms with Crippen molar-refractivity contribution in [3.8, 4) is 5.75 Å². The zero-order valence-corrected chi connectivity index (χ0v) is 14.2. The number of hydrogen-bond acceptors (Lipinski definition) is 2. The fourth-order valence-corrected chi connectivity index (χ4v) is 3.14. The van der Waals surface area contributed by atoms with Crippen molar-refractivity contribution in [1.29, 1.82) is 0 Å². The molecule has 1 aliphatic rings. The van der Waals surface area contributed by atoms with Crippen molar-refractivity contribution in [2.24, 2.45) is 5.41 Å². The summed E-state index contributed by atoms with van der Waals surface area (Å²) in [4.78, 5) is 12.1. The summed E-state index contributed by atoms with van der Waals surface area (Å²) in [7, 11) is 0. The Morgan fingerprint density at radius 2 is 2.05 bits per heavy atom. The standard InChI is InChI=1S/C17H24BrNO2/c1-2-3-12-21-15-6-4-14(5-7-15)16(20)19-13-17(8-9-17)10-11-18/h4-7H,2-3,8-13H2,1H3,(H,19,20). The summed E-state index contributed by atoms with van der Waals surface area (Å²) in [5.74, 6) is 0.842. The van der Waals surface area contributed by atoms with Crippen LogP contribution in [-0.2, 0) is 0 Å². The van der Waals surface area contributed by atoms with Gasteiger partial charge in [0.15, 0.2) is 0 Å². The molecule has 1 aromatic carbocycles. The first-order valence-electron chi connectivity index (χ1n) is 7.76. The van der Waals surface area contributed by atoms with Gasteiger partial charge in [-0.2, -0.15) is 0 Å². The Bertz CT molecular complexity index is 454. The van der Waals surface area contributed by atoms with E-state index in [0.717, 1.165) is 43.5 Å². The summed E-state index contributed by atoms with van der Waals surface area (Å²) in [6.07, 6.45) is 5.76. The number of hydrogen-bond donors (Lipinski definition) is 1. The van der Waals surface area contributed by atoms with Crippen LogP contribution in [0.3, 0.4) is 0 Å². The van der Waals surface area contributed by atoms with Gasteiger partial charge in [-0.05, 0) is 55.4 Å². The number of ether oxygens (including phenoxy) is 1. The maximum Gasteiger partial charge on any atom is 0.251 e. The Kier molecular flexibility index (Phi) is 6.09. The lowest BCUT2D eigenvalue weighted by Crippen LogP contribution is -2.30. The van der Waals surface area contributed by atoms with E-state index in [0.29, 0.717) is 11.0 Å². The van der Waals surface area contributed by atoms with Crippen LogP contribution in [0.5, 0.6) is 5.75 Å². The number of alkyl halides is 1. The number of amides is 1. The third kappa shape index (κ3) is 5.03. The van der Waals surface area contributed by atoms with Gasteiger partial charge in [-0.25, -0.2) is 0 Å². The van der Waals surface area contributed by atoms with Crippen LogP contribution in [0.4, 0.5) is 0 Å². The largest absolute Gasteiger partial charge is 0.494 e. The molecule has 116 valence electrons. The van der Waals surface area contributed by atoms with Crippen LogP contribution >= 0.6 is 15.9 Å². The summed E-state index contributed by atoms with van der Waals surface area (Å²) in [5, 5.41) is 4.06. The molecule has 2 rings (SSSR count). The van der Waals surface area contributed by atoms with Crippen molar-refractivity contribution >= 4 is 21.8 Å². The van der Waals surface area contributed by atoms with Crippen LogP contribution in [0.25, 0.3) is 0 Å². The topological polar surface area (TPSA) is 38.3 Å². The number of carbonyl (C=O) groups excluding carboxylic acids is 1. The number of benzene rings is 1. The molecule has 1 fully saturated rings. The molecule has 21 heavy (non-hydrogen) atoms. The average Bonchev–Trinajstić information content (AvgIpc) is 3.26. The predicted molar refractivity (Wildman–Crippen MR) is 89.3 cm³/mol. The van der Waals surface area contributed by atoms with E-state index < -0.39 is 0 Å². The fraction of sp³-hybridized carbons (Fsp3) is 0.588. The van der Waals surface area contributed by atoms with Gasteiger partial charge in [-0.3, -0.25) is 4.79 Å². The zero-order chi connectivity index (χ0) is 15.1. The molecule has 3 nitrogen and oxygen atoms in total. The molecule has 1 aromatic rings. The molecule has 0 radical (unpaired) electrons. The first kappa shape index (κ1) is 16.3. The Balaban J connectivity index is 1.79. The van der Waals surface area contributed by atoms with Gasteiger partial charge in [-0.15, -0.1) is 0 Å². The highest BCUT2D eigenvalue weighted by atomic mass is 79.9. The first-order chi connectivity index (χ1) is 10.2. The molecule has 0 aliphatic heterocycles. The van der Waals surface area contributed by atoms with Gasteiger partial charge in [0, 0.05) is 17.4 Å². The summed E-state index contributed by atoms with van der Waals surface area (Å²) < 4.78 is 5.60. The van der Waals surface area contributed by atoms with E-state index in [-0.39, 0.29) is 5.91 Å². The molecule has 0 heterocycles. The molecule has 1 amide bonds. The molecule has 0 saturated heterocycles. The molecule has 1 N–H and O–H groups in total. The van der Waals surface area contributed by atoms with Crippen molar-refractivity contribution < 1.29 is 9.53 Å². The van der Waals surface area contributed by atoms with Crippen LogP contribution < -0.4 is 10.1 Å². The zero-order valence-electron chi connectivity index (χ0n) is 12.7. The summed E-state index contributed by atoms with van der Waals surface area (Å²) in [6.45, 7) is 3.66. The van der Waals surface area contributed by atoms with E-state index >= 15 is 0 Å². The second-order valence-corrected chi connectivity index (χ2v) is 6.64. The first-order valence-corrected chi connectivity index (χ1v) is 8.88. The number of rotatable bonds is 9. The van der Waals surface area contributed by atoms with Gasteiger partial charge in [0.05, 0.1) is 6.61 Å². The van der Waals surface area contributed by atoms with Crippen molar-refractivity contribution in [3.63, 3.8) is 0 Å². The monoisotopic (exact) mass is 353 g/mol. The summed E-state index contributed by atoms with van der Waals surface area (Å²) in [5.41, 5.74) is 1.05. The van der Waals surface area contributed by atoms with Gasteiger partial charge in [0.2, 0.25) is 0 Å². The molecular weight excluding hydrogens is 330 g/mol. The average molecular weight is 354 g/mol. The van der Waals surface area contributed by atoms with Crippen molar-refractivity contribution in [2.45, 2.75) is 39.0 Å². The maximum atomic E-state index is 12.1. The van der Waals surface area contributed by atoms with Crippen LogP contribution in [0, 0.1) is 5.41 Å². The lowest BCUT2D eigenvalue weighted by Gasteiger charge is -2.14. The van der Waals surface area contributed by atoms with Gasteiger partial charge in [-0.1, -0.05) is 29.3 Å². The number of halogens is 1. The molecule has 1 saturated carbocycles. The quantitative estimate of drug-likeness (QED) is 0.534. The number of nitrogens with one attached hydrogen (secondary N) is 1. The predicted octanol–water partition coefficient (Wildman–Crippen LogP) is 4.16. The number of carbonyl (C=O) groups is 1. The van der Waals surface area contributed by atoms with Crippen molar-refractivity contribution in [3.05, 3.63) is 29.8 Å². The van der Waals surface area contributed by atoms with Gasteiger partial charge < -0.3 is 10.1 Å². The van der Waals surface area contributed by atoms with E-state index in [1.807, 2.05) is 24.3 Å². The highest BCUT2D eigenvalue weighted by Gasteiger charge is 2.41. The third-order valence-electron chi connectivity index (χ3n) is 4.09. The smallest absolute Gasteiger partial charge is 0.251 e. The normalized spacial score (nSPS) is 15.5. The second-order valence-electron chi connectivity index (χ2n) is 5.85. The molecule has 0 atom stereocenters. The maximum absolute atomic E-state index is 12.1. The minimum Gasteiger partial charge on any atom is -0.494 e. The van der Waals surface area contributed by atoms with E-state index in [9.17, 15) is 4.79 Å². The third-order valence-corrected chi connectivity index (χ3v) is 4.49. The summed E-state index contributed by atoms with van der Waals surface area (Å²) >= 11 is 3.48. The van der Waals surface area contributed by atoms with Gasteiger partial charge in [0.1, 0.15) is 5.75 Å². The highest BCUT2D eigenvalue weighted by Crippen LogP contribution is 2.48. The molecule has 0 aromatic heterocycles. The molecule has 0 bridgehead atoms. The molecule has 4 heteroatoms. The Hall–Kier alpha value is -1.03. The Morgan fingerprint density at radius 1 is 1.33 bits per heavy atom. The second kappa shape index (κ2) is 7.83. The fourth-order valence-electron chi connectivity index (χ4n) is 2.30. The number of unbranched alkanes of at least 4 members (excludes halogenated alkanes) is 1. The van der Waals surface area contributed by atoms with Crippen molar-refractivity contribution in [2.75, 3.05) is 18.5 Å². The van der Waals surface area contributed by atoms with Crippen LogP contribution in [0.15, 0.2) is 24.3 Å². The minimum absolute atomic E-state index is 0.0101. The van der Waals surface area contributed by atoms with E-state index in [1.54, 1.807) is 0 Å². The SMILES string of the molecule is CCCCOc1ccc(C(=O)NCC2(CCBr)CC2)cc1. The van der Waals surface area contributed by atoms with E-state index in [1.165, 1.54) is 12.8 Å². The molecule has 1 aliphatic carbocycles. The molecular formula is C17H24BrNO2. The molecule has 0 spiro atoms. The van der Waals surface area contributed by atoms with Gasteiger partial charge >= 0.3 is 0 Å². The van der Waals surface area contributed by atoms with E-state index in [4.69, 9.17) is 4.74 Å². The van der Waals surface area contributed by atoms with Crippen molar-refractivity contribution in [1.82, 2.24) is 5.32 Å². The minimum atomic E-state index is 0.0101. The highest BCUT2D eigenvalue weighted by molar-refractivity contribution is 9.09. The lowest BCUT2D eigenvalue weighted by atomic mass is 10.0. The Labute approximate surface area is 135 Å². The molecule has 0 unspecified atom stereocenters. The lowest BCUT2D eigenvalue weighted by molar-refractivity contribution is 0.0944. The van der Waals surface area contributed by atoms with Crippen LogP contribution in [-0.4, -0.2) is 24.4 Å². The van der Waals surface area contributed by atoms with Gasteiger partial charge in [0.25, 0.3) is 5.91 Å². The van der Waals surface area contributed by atoms with Crippen LogP contribution in [0.2, 0.25) is 0 Å². The summed E-state index contributed by atoms with van der Waals surface area (Å²) in [6, 6.07) is 7.41.